The summed E-state index contributed by atoms with van der Waals surface area (Å²) in [6, 6.07) is 12.4. The van der Waals surface area contributed by atoms with Crippen LogP contribution in [-0.4, -0.2) is 12.2 Å². The average molecular weight is 245 g/mol. The van der Waals surface area contributed by atoms with E-state index >= 15 is 0 Å². The van der Waals surface area contributed by atoms with Crippen LogP contribution >= 0.6 is 0 Å². The molecule has 0 unspecified atom stereocenters. The summed E-state index contributed by atoms with van der Waals surface area (Å²) in [5.41, 5.74) is 7.11. The zero-order valence-electron chi connectivity index (χ0n) is 10.1. The summed E-state index contributed by atoms with van der Waals surface area (Å²) < 4.78 is 10.8. The van der Waals surface area contributed by atoms with Gasteiger partial charge in [-0.05, 0) is 17.7 Å². The first-order chi connectivity index (χ1) is 8.71. The minimum atomic E-state index is -0.0164. The van der Waals surface area contributed by atoms with Gasteiger partial charge < -0.3 is 20.3 Å². The van der Waals surface area contributed by atoms with E-state index in [-0.39, 0.29) is 6.61 Å². The fourth-order valence-electron chi connectivity index (χ4n) is 1.61. The molecule has 0 bridgehead atoms. The van der Waals surface area contributed by atoms with E-state index in [4.69, 9.17) is 20.3 Å². The molecule has 3 N–H and O–H groups in total. The number of benzene rings is 2. The predicted octanol–water partition coefficient (Wildman–Crippen LogP) is 2.56. The minimum absolute atomic E-state index is 0.0164. The number of rotatable bonds is 4. The standard InChI is InChI=1S/C14H15NO3/c1-17-13-6-11(15)7-14(8-13)18-12-4-2-3-10(5-12)9-16/h2-8,16H,9,15H2,1H3. The Morgan fingerprint density at radius 2 is 1.83 bits per heavy atom. The Morgan fingerprint density at radius 1 is 1.06 bits per heavy atom. The summed E-state index contributed by atoms with van der Waals surface area (Å²) in [7, 11) is 1.57. The second-order valence-corrected chi connectivity index (χ2v) is 3.85. The fraction of sp³-hybridized carbons (Fsp3) is 0.143. The quantitative estimate of drug-likeness (QED) is 0.812. The van der Waals surface area contributed by atoms with Crippen molar-refractivity contribution in [1.82, 2.24) is 0 Å². The van der Waals surface area contributed by atoms with E-state index in [2.05, 4.69) is 0 Å². The van der Waals surface area contributed by atoms with Crippen molar-refractivity contribution in [1.29, 1.82) is 0 Å². The SMILES string of the molecule is COc1cc(N)cc(Oc2cccc(CO)c2)c1. The first-order valence-corrected chi connectivity index (χ1v) is 5.53. The number of nitrogens with two attached hydrogens (primary N) is 1. The van der Waals surface area contributed by atoms with Crippen LogP contribution < -0.4 is 15.2 Å². The van der Waals surface area contributed by atoms with E-state index < -0.39 is 0 Å². The normalized spacial score (nSPS) is 10.1. The average Bonchev–Trinajstić information content (AvgIpc) is 2.38. The molecule has 0 radical (unpaired) electrons. The Hall–Kier alpha value is -2.20. The van der Waals surface area contributed by atoms with E-state index in [9.17, 15) is 0 Å². The second-order valence-electron chi connectivity index (χ2n) is 3.85. The maximum Gasteiger partial charge on any atom is 0.133 e. The predicted molar refractivity (Wildman–Crippen MR) is 69.8 cm³/mol. The van der Waals surface area contributed by atoms with Crippen molar-refractivity contribution in [3.8, 4) is 17.2 Å². The lowest BCUT2D eigenvalue weighted by atomic mass is 10.2. The van der Waals surface area contributed by atoms with Gasteiger partial charge in [-0.3, -0.25) is 0 Å². The van der Waals surface area contributed by atoms with E-state index in [0.29, 0.717) is 22.9 Å². The van der Waals surface area contributed by atoms with Crippen molar-refractivity contribution in [3.05, 3.63) is 48.0 Å². The lowest BCUT2D eigenvalue weighted by Crippen LogP contribution is -1.92. The Kier molecular flexibility index (Phi) is 3.69. The number of anilines is 1. The molecule has 2 rings (SSSR count). The summed E-state index contributed by atoms with van der Waals surface area (Å²) in [5, 5.41) is 9.06. The Labute approximate surface area is 106 Å². The minimum Gasteiger partial charge on any atom is -0.497 e. The van der Waals surface area contributed by atoms with Gasteiger partial charge in [0.25, 0.3) is 0 Å². The first-order valence-electron chi connectivity index (χ1n) is 5.53. The van der Waals surface area contributed by atoms with Gasteiger partial charge in [0.15, 0.2) is 0 Å². The number of aliphatic hydroxyl groups is 1. The van der Waals surface area contributed by atoms with Gasteiger partial charge in [0, 0.05) is 23.9 Å². The molecule has 2 aromatic carbocycles. The summed E-state index contributed by atoms with van der Waals surface area (Å²) >= 11 is 0. The summed E-state index contributed by atoms with van der Waals surface area (Å²) in [5.74, 6) is 1.89. The lowest BCUT2D eigenvalue weighted by Gasteiger charge is -2.09. The fourth-order valence-corrected chi connectivity index (χ4v) is 1.61. The van der Waals surface area contributed by atoms with Gasteiger partial charge in [-0.1, -0.05) is 12.1 Å². The number of hydrogen-bond donors (Lipinski definition) is 2. The molecule has 0 saturated carbocycles. The van der Waals surface area contributed by atoms with Crippen LogP contribution in [0, 0.1) is 0 Å². The molecule has 4 nitrogen and oxygen atoms in total. The van der Waals surface area contributed by atoms with Gasteiger partial charge in [0.2, 0.25) is 0 Å². The molecule has 4 heteroatoms. The van der Waals surface area contributed by atoms with Gasteiger partial charge in [0.1, 0.15) is 17.2 Å². The summed E-state index contributed by atoms with van der Waals surface area (Å²) in [6.07, 6.45) is 0. The van der Waals surface area contributed by atoms with Crippen LogP contribution in [0.5, 0.6) is 17.2 Å². The van der Waals surface area contributed by atoms with Gasteiger partial charge in [-0.25, -0.2) is 0 Å². The Bertz CT molecular complexity index is 540. The highest BCUT2D eigenvalue weighted by molar-refractivity contribution is 5.51. The van der Waals surface area contributed by atoms with Gasteiger partial charge >= 0.3 is 0 Å². The van der Waals surface area contributed by atoms with Crippen molar-refractivity contribution in [2.24, 2.45) is 0 Å². The molecule has 0 amide bonds. The lowest BCUT2D eigenvalue weighted by molar-refractivity contribution is 0.281. The molecule has 94 valence electrons. The molecule has 0 saturated heterocycles. The molecule has 0 fully saturated rings. The third kappa shape index (κ3) is 2.93. The van der Waals surface area contributed by atoms with Crippen LogP contribution in [0.4, 0.5) is 5.69 Å². The maximum absolute atomic E-state index is 9.06. The molecule has 0 aliphatic carbocycles. The van der Waals surface area contributed by atoms with Crippen molar-refractivity contribution in [3.63, 3.8) is 0 Å². The molecule has 0 aliphatic heterocycles. The molecule has 0 heterocycles. The zero-order valence-corrected chi connectivity index (χ0v) is 10.1. The van der Waals surface area contributed by atoms with Crippen LogP contribution in [-0.2, 0) is 6.61 Å². The molecule has 0 aliphatic rings. The summed E-state index contributed by atoms with van der Waals surface area (Å²) in [6.45, 7) is -0.0164. The largest absolute Gasteiger partial charge is 0.497 e. The molecule has 0 aromatic heterocycles. The molecule has 18 heavy (non-hydrogen) atoms. The Balaban J connectivity index is 2.24. The van der Waals surface area contributed by atoms with Crippen LogP contribution in [0.15, 0.2) is 42.5 Å². The van der Waals surface area contributed by atoms with Crippen LogP contribution in [0.25, 0.3) is 0 Å². The van der Waals surface area contributed by atoms with Crippen LogP contribution in [0.2, 0.25) is 0 Å². The highest BCUT2D eigenvalue weighted by Gasteiger charge is 2.02. The molecular weight excluding hydrogens is 230 g/mol. The third-order valence-electron chi connectivity index (χ3n) is 2.45. The zero-order chi connectivity index (χ0) is 13.0. The first kappa shape index (κ1) is 12.3. The number of aliphatic hydroxyl groups excluding tert-OH is 1. The van der Waals surface area contributed by atoms with Crippen molar-refractivity contribution >= 4 is 5.69 Å². The number of nitrogen functional groups attached to an aromatic ring is 1. The molecule has 0 atom stereocenters. The summed E-state index contributed by atoms with van der Waals surface area (Å²) in [4.78, 5) is 0. The van der Waals surface area contributed by atoms with Crippen LogP contribution in [0.3, 0.4) is 0 Å². The monoisotopic (exact) mass is 245 g/mol. The van der Waals surface area contributed by atoms with Gasteiger partial charge in [-0.15, -0.1) is 0 Å². The van der Waals surface area contributed by atoms with Gasteiger partial charge in [0.05, 0.1) is 13.7 Å². The number of methoxy groups -OCH3 is 1. The third-order valence-corrected chi connectivity index (χ3v) is 2.45. The van der Waals surface area contributed by atoms with E-state index in [1.165, 1.54) is 0 Å². The number of ether oxygens (including phenoxy) is 2. The van der Waals surface area contributed by atoms with Crippen LogP contribution in [0.1, 0.15) is 5.56 Å². The van der Waals surface area contributed by atoms with Crippen molar-refractivity contribution < 1.29 is 14.6 Å². The highest BCUT2D eigenvalue weighted by atomic mass is 16.5. The van der Waals surface area contributed by atoms with E-state index in [0.717, 1.165) is 5.56 Å². The maximum atomic E-state index is 9.06. The topological polar surface area (TPSA) is 64.7 Å². The molecule has 2 aromatic rings. The van der Waals surface area contributed by atoms with Gasteiger partial charge in [-0.2, -0.15) is 0 Å². The van der Waals surface area contributed by atoms with E-state index in [1.54, 1.807) is 31.4 Å². The highest BCUT2D eigenvalue weighted by Crippen LogP contribution is 2.28. The smallest absolute Gasteiger partial charge is 0.133 e. The molecule has 0 spiro atoms. The van der Waals surface area contributed by atoms with Crippen molar-refractivity contribution in [2.45, 2.75) is 6.61 Å². The molecular formula is C14H15NO3. The second kappa shape index (κ2) is 5.42. The Morgan fingerprint density at radius 3 is 2.56 bits per heavy atom. The number of hydrogen-bond acceptors (Lipinski definition) is 4. The van der Waals surface area contributed by atoms with Crippen molar-refractivity contribution in [2.75, 3.05) is 12.8 Å². The van der Waals surface area contributed by atoms with E-state index in [1.807, 2.05) is 18.2 Å².